The minimum Gasteiger partial charge on any atom is -0.503 e. The van der Waals surface area contributed by atoms with E-state index in [1.165, 1.54) is 16.2 Å². The molecule has 0 saturated heterocycles. The van der Waals surface area contributed by atoms with Gasteiger partial charge in [-0.1, -0.05) is 32.9 Å². The highest BCUT2D eigenvalue weighted by Gasteiger charge is 2.47. The van der Waals surface area contributed by atoms with E-state index in [1.54, 1.807) is 52.1 Å². The number of anilines is 1. The molecule has 0 fully saturated rings. The standard InChI is InChI=1S/C20H21NO4S/c1-20(2,3)18(23)15-16(14-9-6-10-26-14)21(19(24)17(15)22)12-7-5-8-13(11-12)25-4/h5-11,16,22H,1-4H3. The number of benzene rings is 1. The van der Waals surface area contributed by atoms with Crippen LogP contribution in [0.2, 0.25) is 0 Å². The molecule has 5 nitrogen and oxygen atoms in total. The maximum absolute atomic E-state index is 13.0. The minimum absolute atomic E-state index is 0.146. The SMILES string of the molecule is COc1cccc(N2C(=O)C(O)=C(C(=O)C(C)(C)C)C2c2cccs2)c1. The first kappa shape index (κ1) is 18.2. The lowest BCUT2D eigenvalue weighted by Crippen LogP contribution is -2.32. The van der Waals surface area contributed by atoms with Crippen molar-refractivity contribution in [3.05, 3.63) is 58.0 Å². The fourth-order valence-corrected chi connectivity index (χ4v) is 3.81. The van der Waals surface area contributed by atoms with Crippen LogP contribution in [0.4, 0.5) is 5.69 Å². The number of methoxy groups -OCH3 is 1. The van der Waals surface area contributed by atoms with Crippen LogP contribution in [0.25, 0.3) is 0 Å². The average Bonchev–Trinajstić information content (AvgIpc) is 3.21. The van der Waals surface area contributed by atoms with Gasteiger partial charge >= 0.3 is 0 Å². The quantitative estimate of drug-likeness (QED) is 0.871. The van der Waals surface area contributed by atoms with Gasteiger partial charge in [-0.25, -0.2) is 0 Å². The number of ketones is 1. The van der Waals surface area contributed by atoms with Gasteiger partial charge < -0.3 is 9.84 Å². The summed E-state index contributed by atoms with van der Waals surface area (Å²) in [6.45, 7) is 5.33. The first-order valence-corrected chi connectivity index (χ1v) is 9.12. The third-order valence-electron chi connectivity index (χ3n) is 4.28. The number of ether oxygens (including phenoxy) is 1. The van der Waals surface area contributed by atoms with Crippen molar-refractivity contribution in [2.75, 3.05) is 12.0 Å². The molecule has 0 spiro atoms. The van der Waals surface area contributed by atoms with Crippen LogP contribution in [0.1, 0.15) is 31.7 Å². The lowest BCUT2D eigenvalue weighted by atomic mass is 9.83. The van der Waals surface area contributed by atoms with Crippen LogP contribution >= 0.6 is 11.3 Å². The molecular weight excluding hydrogens is 350 g/mol. The van der Waals surface area contributed by atoms with E-state index in [9.17, 15) is 14.7 Å². The second-order valence-electron chi connectivity index (χ2n) is 7.14. The molecule has 0 saturated carbocycles. The van der Waals surface area contributed by atoms with Gasteiger partial charge in [0.25, 0.3) is 5.91 Å². The highest BCUT2D eigenvalue weighted by Crippen LogP contribution is 2.45. The van der Waals surface area contributed by atoms with Crippen molar-refractivity contribution in [1.29, 1.82) is 0 Å². The summed E-state index contributed by atoms with van der Waals surface area (Å²) in [5, 5.41) is 12.4. The van der Waals surface area contributed by atoms with Crippen molar-refractivity contribution >= 4 is 28.7 Å². The summed E-state index contributed by atoms with van der Waals surface area (Å²) < 4.78 is 5.25. The Balaban J connectivity index is 2.17. The maximum atomic E-state index is 13.0. The fourth-order valence-electron chi connectivity index (χ4n) is 2.98. The van der Waals surface area contributed by atoms with Crippen LogP contribution in [0.3, 0.4) is 0 Å². The number of carbonyl (C=O) groups excluding carboxylic acids is 2. The molecule has 1 N–H and O–H groups in total. The van der Waals surface area contributed by atoms with Crippen molar-refractivity contribution in [3.8, 4) is 5.75 Å². The lowest BCUT2D eigenvalue weighted by molar-refractivity contribution is -0.123. The Labute approximate surface area is 156 Å². The molecule has 0 radical (unpaired) electrons. The van der Waals surface area contributed by atoms with E-state index in [0.717, 1.165) is 4.88 Å². The number of Topliss-reactive ketones (excluding diaryl/α,β-unsaturated/α-hetero) is 1. The Bertz CT molecular complexity index is 877. The van der Waals surface area contributed by atoms with Gasteiger partial charge in [-0.15, -0.1) is 11.3 Å². The number of hydrogen-bond acceptors (Lipinski definition) is 5. The number of carbonyl (C=O) groups is 2. The lowest BCUT2D eigenvalue weighted by Gasteiger charge is -2.28. The molecule has 0 bridgehead atoms. The third kappa shape index (κ3) is 3.01. The van der Waals surface area contributed by atoms with Gasteiger partial charge in [0.2, 0.25) is 0 Å². The number of hydrogen-bond donors (Lipinski definition) is 1. The van der Waals surface area contributed by atoms with Gasteiger partial charge in [-0.05, 0) is 23.6 Å². The van der Waals surface area contributed by atoms with Gasteiger partial charge in [0.15, 0.2) is 11.5 Å². The van der Waals surface area contributed by atoms with E-state index in [2.05, 4.69) is 0 Å². The molecule has 26 heavy (non-hydrogen) atoms. The number of aliphatic hydroxyl groups is 1. The Kier molecular flexibility index (Phi) is 4.63. The highest BCUT2D eigenvalue weighted by molar-refractivity contribution is 7.10. The largest absolute Gasteiger partial charge is 0.503 e. The molecule has 3 rings (SSSR count). The van der Waals surface area contributed by atoms with Gasteiger partial charge in [0.1, 0.15) is 11.8 Å². The third-order valence-corrected chi connectivity index (χ3v) is 5.20. The van der Waals surface area contributed by atoms with Crippen LogP contribution < -0.4 is 9.64 Å². The van der Waals surface area contributed by atoms with Gasteiger partial charge in [-0.3, -0.25) is 14.5 Å². The Morgan fingerprint density at radius 2 is 1.96 bits per heavy atom. The molecule has 1 aliphatic heterocycles. The van der Waals surface area contributed by atoms with E-state index in [4.69, 9.17) is 4.74 Å². The van der Waals surface area contributed by atoms with Crippen LogP contribution in [0.5, 0.6) is 5.75 Å². The van der Waals surface area contributed by atoms with E-state index < -0.39 is 23.1 Å². The number of rotatable bonds is 4. The number of nitrogens with zero attached hydrogens (tertiary/aromatic N) is 1. The van der Waals surface area contributed by atoms with Gasteiger partial charge in [0.05, 0.1) is 12.7 Å². The fraction of sp³-hybridized carbons (Fsp3) is 0.300. The molecule has 2 aromatic rings. The van der Waals surface area contributed by atoms with Gasteiger partial charge in [0, 0.05) is 22.0 Å². The van der Waals surface area contributed by atoms with Crippen molar-refractivity contribution in [2.24, 2.45) is 5.41 Å². The molecule has 1 aromatic heterocycles. The molecule has 1 aliphatic rings. The zero-order valence-corrected chi connectivity index (χ0v) is 16.0. The van der Waals surface area contributed by atoms with Crippen molar-refractivity contribution in [3.63, 3.8) is 0 Å². The maximum Gasteiger partial charge on any atom is 0.294 e. The van der Waals surface area contributed by atoms with Crippen molar-refractivity contribution in [1.82, 2.24) is 0 Å². The molecule has 6 heteroatoms. The Morgan fingerprint density at radius 3 is 2.54 bits per heavy atom. The molecule has 0 aliphatic carbocycles. The zero-order chi connectivity index (χ0) is 19.1. The van der Waals surface area contributed by atoms with Crippen LogP contribution in [-0.2, 0) is 9.59 Å². The Morgan fingerprint density at radius 1 is 1.23 bits per heavy atom. The number of aliphatic hydroxyl groups excluding tert-OH is 1. The summed E-state index contributed by atoms with van der Waals surface area (Å²) in [4.78, 5) is 28.2. The number of thiophene rings is 1. The second kappa shape index (κ2) is 6.61. The second-order valence-corrected chi connectivity index (χ2v) is 8.12. The first-order chi connectivity index (χ1) is 12.3. The predicted molar refractivity (Wildman–Crippen MR) is 102 cm³/mol. The normalized spacial score (nSPS) is 17.8. The topological polar surface area (TPSA) is 66.8 Å². The molecule has 1 aromatic carbocycles. The molecule has 2 heterocycles. The van der Waals surface area contributed by atoms with Crippen LogP contribution in [-0.4, -0.2) is 23.9 Å². The average molecular weight is 371 g/mol. The smallest absolute Gasteiger partial charge is 0.294 e. The summed E-state index contributed by atoms with van der Waals surface area (Å²) in [6, 6.07) is 10.1. The monoisotopic (exact) mass is 371 g/mol. The highest BCUT2D eigenvalue weighted by atomic mass is 32.1. The van der Waals surface area contributed by atoms with Crippen LogP contribution in [0, 0.1) is 5.41 Å². The van der Waals surface area contributed by atoms with Gasteiger partial charge in [-0.2, -0.15) is 0 Å². The molecule has 136 valence electrons. The molecular formula is C20H21NO4S. The minimum atomic E-state index is -0.719. The summed E-state index contributed by atoms with van der Waals surface area (Å²) in [6.07, 6.45) is 0. The summed E-state index contributed by atoms with van der Waals surface area (Å²) in [5.74, 6) is -0.710. The van der Waals surface area contributed by atoms with Crippen molar-refractivity contribution < 1.29 is 19.4 Å². The van der Waals surface area contributed by atoms with E-state index in [1.807, 2.05) is 17.5 Å². The molecule has 1 amide bonds. The van der Waals surface area contributed by atoms with E-state index in [-0.39, 0.29) is 11.4 Å². The van der Waals surface area contributed by atoms with Crippen molar-refractivity contribution in [2.45, 2.75) is 26.8 Å². The zero-order valence-electron chi connectivity index (χ0n) is 15.1. The van der Waals surface area contributed by atoms with E-state index in [0.29, 0.717) is 11.4 Å². The Hall–Kier alpha value is -2.60. The summed E-state index contributed by atoms with van der Waals surface area (Å²) in [5.41, 5.74) is -0.00693. The molecule has 1 unspecified atom stereocenters. The summed E-state index contributed by atoms with van der Waals surface area (Å²) >= 11 is 1.44. The van der Waals surface area contributed by atoms with Crippen LogP contribution in [0.15, 0.2) is 53.1 Å². The molecule has 1 atom stereocenters. The first-order valence-electron chi connectivity index (χ1n) is 8.24. The predicted octanol–water partition coefficient (Wildman–Crippen LogP) is 4.27. The van der Waals surface area contributed by atoms with E-state index >= 15 is 0 Å². The number of amides is 1. The summed E-state index contributed by atoms with van der Waals surface area (Å²) in [7, 11) is 1.55.